The number of ether oxygens (including phenoxy) is 2. The number of carbonyl (C=O) groups excluding carboxylic acids is 3. The Kier molecular flexibility index (Phi) is 10.1. The van der Waals surface area contributed by atoms with Crippen LogP contribution < -0.4 is 20.7 Å². The van der Waals surface area contributed by atoms with E-state index in [2.05, 4.69) is 29.8 Å². The molecule has 3 N–H and O–H groups in total. The summed E-state index contributed by atoms with van der Waals surface area (Å²) in [6.45, 7) is 11.9. The third-order valence-electron chi connectivity index (χ3n) is 3.98. The number of benzene rings is 1. The monoisotopic (exact) mass is 421 g/mol. The van der Waals surface area contributed by atoms with Crippen molar-refractivity contribution in [3.63, 3.8) is 0 Å². The molecule has 0 aromatic heterocycles. The average molecular weight is 422 g/mol. The van der Waals surface area contributed by atoms with Gasteiger partial charge in [-0.3, -0.25) is 9.59 Å². The summed E-state index contributed by atoms with van der Waals surface area (Å²) < 4.78 is 10.9. The third-order valence-corrected chi connectivity index (χ3v) is 3.98. The Bertz CT molecular complexity index is 713. The Morgan fingerprint density at radius 2 is 1.57 bits per heavy atom. The van der Waals surface area contributed by atoms with Crippen molar-refractivity contribution >= 4 is 17.9 Å². The zero-order valence-electron chi connectivity index (χ0n) is 18.8. The van der Waals surface area contributed by atoms with Crippen LogP contribution in [0.4, 0.5) is 4.79 Å². The zero-order chi connectivity index (χ0) is 22.7. The first-order chi connectivity index (χ1) is 14.0. The summed E-state index contributed by atoms with van der Waals surface area (Å²) in [5.74, 6) is 0.502. The van der Waals surface area contributed by atoms with Crippen molar-refractivity contribution in [3.8, 4) is 5.75 Å². The second-order valence-electron chi connectivity index (χ2n) is 8.27. The van der Waals surface area contributed by atoms with Gasteiger partial charge in [0.2, 0.25) is 5.91 Å². The Morgan fingerprint density at radius 1 is 0.933 bits per heavy atom. The molecule has 1 rings (SSSR count). The van der Waals surface area contributed by atoms with E-state index in [0.29, 0.717) is 5.75 Å². The van der Waals surface area contributed by atoms with Crippen LogP contribution in [0, 0.1) is 0 Å². The molecule has 8 nitrogen and oxygen atoms in total. The molecule has 0 spiro atoms. The van der Waals surface area contributed by atoms with Gasteiger partial charge in [0.15, 0.2) is 6.10 Å². The van der Waals surface area contributed by atoms with Crippen molar-refractivity contribution in [2.45, 2.75) is 65.6 Å². The minimum atomic E-state index is -0.654. The average Bonchev–Trinajstić information content (AvgIpc) is 2.63. The van der Waals surface area contributed by atoms with E-state index >= 15 is 0 Å². The van der Waals surface area contributed by atoms with E-state index in [0.717, 1.165) is 5.56 Å². The van der Waals surface area contributed by atoms with Crippen molar-refractivity contribution in [1.82, 2.24) is 16.0 Å². The SMILES string of the molecule is CC(Oc1ccccc1C(C)C)C(=O)NCCNC(=O)CCNC(=O)OC(C)(C)C. The van der Waals surface area contributed by atoms with Gasteiger partial charge in [0, 0.05) is 26.1 Å². The van der Waals surface area contributed by atoms with Gasteiger partial charge in [-0.2, -0.15) is 0 Å². The predicted molar refractivity (Wildman–Crippen MR) is 115 cm³/mol. The summed E-state index contributed by atoms with van der Waals surface area (Å²) in [6.07, 6.45) is -1.09. The van der Waals surface area contributed by atoms with Gasteiger partial charge in [-0.1, -0.05) is 32.0 Å². The van der Waals surface area contributed by atoms with E-state index in [1.807, 2.05) is 24.3 Å². The maximum Gasteiger partial charge on any atom is 0.407 e. The van der Waals surface area contributed by atoms with Crippen LogP contribution in [0.2, 0.25) is 0 Å². The highest BCUT2D eigenvalue weighted by Gasteiger charge is 2.17. The van der Waals surface area contributed by atoms with Gasteiger partial charge in [-0.05, 0) is 45.2 Å². The molecule has 8 heteroatoms. The van der Waals surface area contributed by atoms with Gasteiger partial charge in [0.25, 0.3) is 5.91 Å². The molecule has 0 fully saturated rings. The van der Waals surface area contributed by atoms with Crippen molar-refractivity contribution in [3.05, 3.63) is 29.8 Å². The fraction of sp³-hybridized carbons (Fsp3) is 0.591. The molecule has 0 aliphatic rings. The summed E-state index contributed by atoms with van der Waals surface area (Å²) in [5.41, 5.74) is 0.465. The molecule has 1 aromatic rings. The first-order valence-electron chi connectivity index (χ1n) is 10.3. The second-order valence-corrected chi connectivity index (χ2v) is 8.27. The summed E-state index contributed by atoms with van der Waals surface area (Å²) >= 11 is 0. The summed E-state index contributed by atoms with van der Waals surface area (Å²) in [6, 6.07) is 7.65. The standard InChI is InChI=1S/C22H35N3O5/c1-15(2)17-9-7-8-10-18(17)29-16(3)20(27)24-14-13-23-19(26)11-12-25-21(28)30-22(4,5)6/h7-10,15-16H,11-14H2,1-6H3,(H,23,26)(H,24,27)(H,25,28). The van der Waals surface area contributed by atoms with Gasteiger partial charge in [-0.25, -0.2) is 4.79 Å². The summed E-state index contributed by atoms with van der Waals surface area (Å²) in [5, 5.41) is 7.95. The van der Waals surface area contributed by atoms with Gasteiger partial charge < -0.3 is 25.4 Å². The normalized spacial score (nSPS) is 12.1. The molecule has 168 valence electrons. The van der Waals surface area contributed by atoms with Crippen LogP contribution in [0.5, 0.6) is 5.75 Å². The highest BCUT2D eigenvalue weighted by Crippen LogP contribution is 2.26. The summed E-state index contributed by atoms with van der Waals surface area (Å²) in [4.78, 5) is 35.5. The topological polar surface area (TPSA) is 106 Å². The molecule has 0 saturated carbocycles. The van der Waals surface area contributed by atoms with Crippen molar-refractivity contribution in [2.75, 3.05) is 19.6 Å². The first kappa shape index (κ1) is 25.3. The highest BCUT2D eigenvalue weighted by atomic mass is 16.6. The Morgan fingerprint density at radius 3 is 2.20 bits per heavy atom. The first-order valence-corrected chi connectivity index (χ1v) is 10.3. The van der Waals surface area contributed by atoms with Crippen LogP contribution in [0.25, 0.3) is 0 Å². The van der Waals surface area contributed by atoms with Gasteiger partial charge in [-0.15, -0.1) is 0 Å². The minimum absolute atomic E-state index is 0.124. The third kappa shape index (κ3) is 10.1. The zero-order valence-corrected chi connectivity index (χ0v) is 18.8. The van der Waals surface area contributed by atoms with Crippen molar-refractivity contribution in [2.24, 2.45) is 0 Å². The van der Waals surface area contributed by atoms with Crippen molar-refractivity contribution < 1.29 is 23.9 Å². The van der Waals surface area contributed by atoms with Gasteiger partial charge in [0.1, 0.15) is 11.4 Å². The number of hydrogen-bond donors (Lipinski definition) is 3. The number of hydrogen-bond acceptors (Lipinski definition) is 5. The lowest BCUT2D eigenvalue weighted by atomic mass is 10.0. The molecule has 3 amide bonds. The second kappa shape index (κ2) is 12.0. The van der Waals surface area contributed by atoms with Crippen LogP contribution in [-0.4, -0.2) is 49.2 Å². The molecular formula is C22H35N3O5. The number of nitrogens with one attached hydrogen (secondary N) is 3. The lowest BCUT2D eigenvalue weighted by Crippen LogP contribution is -2.41. The Labute approximate surface area is 179 Å². The molecule has 30 heavy (non-hydrogen) atoms. The quantitative estimate of drug-likeness (QED) is 0.504. The molecule has 1 aromatic carbocycles. The number of para-hydroxylation sites is 1. The minimum Gasteiger partial charge on any atom is -0.481 e. The van der Waals surface area contributed by atoms with Crippen LogP contribution in [-0.2, 0) is 14.3 Å². The molecular weight excluding hydrogens is 386 g/mol. The Balaban J connectivity index is 2.25. The van der Waals surface area contributed by atoms with E-state index in [4.69, 9.17) is 9.47 Å². The molecule has 0 radical (unpaired) electrons. The number of rotatable bonds is 10. The van der Waals surface area contributed by atoms with E-state index < -0.39 is 17.8 Å². The molecule has 0 heterocycles. The lowest BCUT2D eigenvalue weighted by molar-refractivity contribution is -0.127. The Hall–Kier alpha value is -2.77. The van der Waals surface area contributed by atoms with E-state index in [1.54, 1.807) is 27.7 Å². The van der Waals surface area contributed by atoms with E-state index in [1.165, 1.54) is 0 Å². The molecule has 0 saturated heterocycles. The molecule has 1 unspecified atom stereocenters. The fourth-order valence-corrected chi connectivity index (χ4v) is 2.52. The highest BCUT2D eigenvalue weighted by molar-refractivity contribution is 5.81. The van der Waals surface area contributed by atoms with Gasteiger partial charge in [0.05, 0.1) is 0 Å². The number of amides is 3. The van der Waals surface area contributed by atoms with Crippen LogP contribution >= 0.6 is 0 Å². The fourth-order valence-electron chi connectivity index (χ4n) is 2.52. The lowest BCUT2D eigenvalue weighted by Gasteiger charge is -2.19. The largest absolute Gasteiger partial charge is 0.481 e. The van der Waals surface area contributed by atoms with Crippen LogP contribution in [0.15, 0.2) is 24.3 Å². The summed E-state index contributed by atoms with van der Waals surface area (Å²) in [7, 11) is 0. The smallest absolute Gasteiger partial charge is 0.407 e. The van der Waals surface area contributed by atoms with E-state index in [9.17, 15) is 14.4 Å². The predicted octanol–water partition coefficient (Wildman–Crippen LogP) is 2.72. The molecule has 0 aliphatic carbocycles. The molecule has 0 bridgehead atoms. The van der Waals surface area contributed by atoms with E-state index in [-0.39, 0.29) is 43.8 Å². The maximum atomic E-state index is 12.2. The number of carbonyl (C=O) groups is 3. The van der Waals surface area contributed by atoms with Crippen LogP contribution in [0.1, 0.15) is 59.4 Å². The number of alkyl carbamates (subject to hydrolysis) is 1. The molecule has 1 atom stereocenters. The van der Waals surface area contributed by atoms with Crippen molar-refractivity contribution in [1.29, 1.82) is 0 Å². The molecule has 0 aliphatic heterocycles. The van der Waals surface area contributed by atoms with Gasteiger partial charge >= 0.3 is 6.09 Å². The van der Waals surface area contributed by atoms with Crippen LogP contribution in [0.3, 0.4) is 0 Å². The maximum absolute atomic E-state index is 12.2.